The number of nitrogens with zero attached hydrogens (tertiary/aromatic N) is 2. The summed E-state index contributed by atoms with van der Waals surface area (Å²) < 4.78 is 10.6. The summed E-state index contributed by atoms with van der Waals surface area (Å²) in [5.41, 5.74) is 2.99. The highest BCUT2D eigenvalue weighted by Crippen LogP contribution is 2.33. The number of aromatic nitrogens is 2. The molecule has 2 aromatic carbocycles. The Labute approximate surface area is 236 Å². The molecule has 213 valence electrons. The molecule has 0 saturated carbocycles. The van der Waals surface area contributed by atoms with E-state index in [4.69, 9.17) is 14.4 Å². The van der Waals surface area contributed by atoms with Gasteiger partial charge in [0.25, 0.3) is 0 Å². The summed E-state index contributed by atoms with van der Waals surface area (Å²) in [6, 6.07) is 13.2. The normalized spacial score (nSPS) is 16.8. The molecule has 4 rings (SSSR count). The van der Waals surface area contributed by atoms with E-state index >= 15 is 0 Å². The smallest absolute Gasteiger partial charge is 0.407 e. The number of aliphatic hydroxyl groups is 1. The minimum Gasteiger partial charge on any atom is -0.453 e. The van der Waals surface area contributed by atoms with Crippen LogP contribution in [0.15, 0.2) is 42.5 Å². The summed E-state index contributed by atoms with van der Waals surface area (Å²) >= 11 is 0. The fourth-order valence-electron chi connectivity index (χ4n) is 4.67. The number of carbonyl (C=O) groups is 2. The Kier molecular flexibility index (Phi) is 8.61. The zero-order chi connectivity index (χ0) is 29.2. The third-order valence-corrected chi connectivity index (χ3v) is 7.95. The first-order chi connectivity index (χ1) is 18.8. The van der Waals surface area contributed by atoms with Gasteiger partial charge in [-0.15, -0.1) is 0 Å². The lowest BCUT2D eigenvalue weighted by atomic mass is 9.82. The number of likely N-dealkylation sites (tertiary alicyclic amines) is 1. The molecule has 1 radical (unpaired) electrons. The number of rotatable bonds is 9. The minimum absolute atomic E-state index is 0.0883. The molecule has 1 aromatic heterocycles. The van der Waals surface area contributed by atoms with Crippen molar-refractivity contribution < 1.29 is 24.1 Å². The van der Waals surface area contributed by atoms with Crippen molar-refractivity contribution in [3.05, 3.63) is 48.3 Å². The van der Waals surface area contributed by atoms with Crippen molar-refractivity contribution in [2.75, 3.05) is 13.7 Å². The Hall–Kier alpha value is -3.37. The summed E-state index contributed by atoms with van der Waals surface area (Å²) in [5.74, 6) is 0.528. The second-order valence-electron chi connectivity index (χ2n) is 11.8. The first kappa shape index (κ1) is 29.6. The number of nitrogens with one attached hydrogen (secondary N) is 2. The molecule has 0 spiro atoms. The number of methoxy groups -OCH3 is 1. The number of hydrogen-bond acceptors (Lipinski definition) is 6. The van der Waals surface area contributed by atoms with Gasteiger partial charge in [-0.05, 0) is 69.7 Å². The van der Waals surface area contributed by atoms with Crippen LogP contribution < -0.4 is 10.8 Å². The lowest BCUT2D eigenvalue weighted by Crippen LogP contribution is -2.51. The van der Waals surface area contributed by atoms with Gasteiger partial charge in [-0.25, -0.2) is 9.78 Å². The second kappa shape index (κ2) is 11.6. The van der Waals surface area contributed by atoms with Gasteiger partial charge < -0.3 is 29.7 Å². The van der Waals surface area contributed by atoms with Crippen molar-refractivity contribution in [3.8, 4) is 11.1 Å². The molecular formula is C30H40BN4O5. The van der Waals surface area contributed by atoms with Crippen LogP contribution in [0.2, 0.25) is 0 Å². The van der Waals surface area contributed by atoms with Crippen LogP contribution >= 0.6 is 0 Å². The first-order valence-electron chi connectivity index (χ1n) is 13.8. The number of amides is 2. The van der Waals surface area contributed by atoms with E-state index in [-0.39, 0.29) is 17.9 Å². The van der Waals surface area contributed by atoms with E-state index in [1.807, 2.05) is 69.0 Å². The van der Waals surface area contributed by atoms with E-state index in [2.05, 4.69) is 16.4 Å². The van der Waals surface area contributed by atoms with E-state index in [1.165, 1.54) is 7.11 Å². The molecule has 2 amide bonds. The third kappa shape index (κ3) is 6.34. The predicted molar refractivity (Wildman–Crippen MR) is 156 cm³/mol. The van der Waals surface area contributed by atoms with Gasteiger partial charge in [0.05, 0.1) is 35.4 Å². The maximum Gasteiger partial charge on any atom is 0.407 e. The van der Waals surface area contributed by atoms with E-state index in [9.17, 15) is 14.7 Å². The summed E-state index contributed by atoms with van der Waals surface area (Å²) in [7, 11) is 2.96. The molecule has 1 aliphatic heterocycles. The van der Waals surface area contributed by atoms with Gasteiger partial charge in [0, 0.05) is 6.54 Å². The van der Waals surface area contributed by atoms with E-state index in [0.29, 0.717) is 6.54 Å². The lowest BCUT2D eigenvalue weighted by Gasteiger charge is -2.37. The Balaban J connectivity index is 1.50. The fraction of sp³-hybridized carbons (Fsp3) is 0.500. The van der Waals surface area contributed by atoms with Crippen LogP contribution in [0, 0.1) is 5.92 Å². The van der Waals surface area contributed by atoms with Crippen LogP contribution in [0.1, 0.15) is 66.3 Å². The number of ether oxygens (including phenoxy) is 1. The zero-order valence-electron chi connectivity index (χ0n) is 24.4. The maximum atomic E-state index is 13.4. The molecule has 1 saturated heterocycles. The lowest BCUT2D eigenvalue weighted by molar-refractivity contribution is -0.135. The fourth-order valence-corrected chi connectivity index (χ4v) is 4.67. The minimum atomic E-state index is -0.985. The van der Waals surface area contributed by atoms with E-state index < -0.39 is 23.3 Å². The summed E-state index contributed by atoms with van der Waals surface area (Å²) in [5, 5.41) is 13.0. The van der Waals surface area contributed by atoms with Crippen LogP contribution in [0.25, 0.3) is 22.2 Å². The summed E-state index contributed by atoms with van der Waals surface area (Å²) in [6.07, 6.45) is 1.04. The van der Waals surface area contributed by atoms with Crippen molar-refractivity contribution in [1.82, 2.24) is 20.2 Å². The Morgan fingerprint density at radius 1 is 1.12 bits per heavy atom. The molecule has 10 heteroatoms. The van der Waals surface area contributed by atoms with Crippen molar-refractivity contribution in [2.45, 2.75) is 77.7 Å². The van der Waals surface area contributed by atoms with Gasteiger partial charge in [0.2, 0.25) is 5.91 Å². The van der Waals surface area contributed by atoms with Crippen LogP contribution in [0.3, 0.4) is 0 Å². The number of aromatic amines is 1. The van der Waals surface area contributed by atoms with E-state index in [0.717, 1.165) is 46.3 Å². The van der Waals surface area contributed by atoms with Gasteiger partial charge in [0.15, 0.2) is 0 Å². The molecule has 0 aliphatic carbocycles. The molecule has 0 bridgehead atoms. The van der Waals surface area contributed by atoms with Gasteiger partial charge in [-0.1, -0.05) is 49.6 Å². The molecule has 2 heterocycles. The van der Waals surface area contributed by atoms with Gasteiger partial charge >= 0.3 is 13.6 Å². The van der Waals surface area contributed by atoms with Crippen molar-refractivity contribution >= 4 is 36.0 Å². The van der Waals surface area contributed by atoms with Crippen molar-refractivity contribution in [2.24, 2.45) is 5.92 Å². The number of benzene rings is 2. The first-order valence-corrected chi connectivity index (χ1v) is 13.8. The molecule has 1 aliphatic rings. The number of imidazole rings is 1. The largest absolute Gasteiger partial charge is 0.453 e. The van der Waals surface area contributed by atoms with Crippen molar-refractivity contribution in [1.29, 1.82) is 0 Å². The number of fused-ring (bicyclic) bond motifs is 1. The summed E-state index contributed by atoms with van der Waals surface area (Å²) in [6.45, 7) is 11.6. The van der Waals surface area contributed by atoms with Crippen LogP contribution in [0.4, 0.5) is 4.79 Å². The number of hydrogen-bond donors (Lipinski definition) is 3. The van der Waals surface area contributed by atoms with Gasteiger partial charge in [-0.3, -0.25) is 4.79 Å². The average Bonchev–Trinajstić information content (AvgIpc) is 3.56. The third-order valence-electron chi connectivity index (χ3n) is 7.95. The van der Waals surface area contributed by atoms with Gasteiger partial charge in [-0.2, -0.15) is 0 Å². The SMILES string of the molecule is COC(=O)NC(C(=O)N1CCCC1c1nc2ccc(-c3ccc([B]OC(C)(C)C(C)(C)O)cc3)cc2[nH]1)C(C)C. The monoisotopic (exact) mass is 547 g/mol. The molecule has 40 heavy (non-hydrogen) atoms. The maximum absolute atomic E-state index is 13.4. The highest BCUT2D eigenvalue weighted by atomic mass is 16.5. The Morgan fingerprint density at radius 2 is 1.80 bits per heavy atom. The van der Waals surface area contributed by atoms with Gasteiger partial charge in [0.1, 0.15) is 11.9 Å². The zero-order valence-corrected chi connectivity index (χ0v) is 24.4. The van der Waals surface area contributed by atoms with Crippen LogP contribution in [0.5, 0.6) is 0 Å². The Bertz CT molecular complexity index is 1350. The molecule has 3 N–H and O–H groups in total. The molecule has 3 aromatic rings. The quantitative estimate of drug-likeness (QED) is 0.348. The molecule has 2 atom stereocenters. The van der Waals surface area contributed by atoms with Crippen LogP contribution in [-0.4, -0.2) is 70.4 Å². The molecular weight excluding hydrogens is 507 g/mol. The molecule has 2 unspecified atom stereocenters. The number of alkyl carbamates (subject to hydrolysis) is 1. The number of carbonyl (C=O) groups excluding carboxylic acids is 2. The molecule has 1 fully saturated rings. The Morgan fingerprint density at radius 3 is 2.42 bits per heavy atom. The van der Waals surface area contributed by atoms with Crippen LogP contribution in [-0.2, 0) is 14.2 Å². The predicted octanol–water partition coefficient (Wildman–Crippen LogP) is 4.08. The highest BCUT2D eigenvalue weighted by Gasteiger charge is 2.38. The average molecular weight is 547 g/mol. The standard InChI is InChI=1S/C30H40BN4O5/c1-18(2)25(34-28(37)39-7)27(36)35-16-8-9-24(35)26-32-22-15-12-20(17-23(22)33-26)19-10-13-21(14-11-19)31-40-30(5,6)29(3,4)38/h10-15,17-18,24-25,38H,8-9,16H2,1-7H3,(H,32,33)(H,34,37). The van der Waals surface area contributed by atoms with E-state index in [1.54, 1.807) is 21.3 Å². The number of H-pyrrole nitrogens is 1. The second-order valence-corrected chi connectivity index (χ2v) is 11.8. The summed E-state index contributed by atoms with van der Waals surface area (Å²) in [4.78, 5) is 35.4. The van der Waals surface area contributed by atoms with Crippen molar-refractivity contribution in [3.63, 3.8) is 0 Å². The topological polar surface area (TPSA) is 117 Å². The molecule has 9 nitrogen and oxygen atoms in total. The highest BCUT2D eigenvalue weighted by molar-refractivity contribution is 6.47.